The fraction of sp³-hybridized carbons (Fsp3) is 0.423. The molecular weight excluding hydrogens is 430 g/mol. The van der Waals surface area contributed by atoms with Crippen LogP contribution in [-0.4, -0.2) is 66.7 Å². The predicted molar refractivity (Wildman–Crippen MR) is 134 cm³/mol. The van der Waals surface area contributed by atoms with Crippen LogP contribution in [0.5, 0.6) is 5.75 Å². The molecule has 0 radical (unpaired) electrons. The molecule has 0 saturated carbocycles. The molecule has 2 aliphatic heterocycles. The number of aromatic nitrogens is 2. The van der Waals surface area contributed by atoms with E-state index >= 15 is 0 Å². The van der Waals surface area contributed by atoms with E-state index in [1.165, 1.54) is 0 Å². The van der Waals surface area contributed by atoms with Crippen LogP contribution in [0.3, 0.4) is 0 Å². The van der Waals surface area contributed by atoms with Gasteiger partial charge in [0.2, 0.25) is 5.91 Å². The van der Waals surface area contributed by atoms with Crippen LogP contribution in [0.25, 0.3) is 11.0 Å². The molecular formula is C26H31N5O3. The van der Waals surface area contributed by atoms with Crippen LogP contribution < -0.4 is 20.1 Å². The molecule has 2 fully saturated rings. The average molecular weight is 462 g/mol. The van der Waals surface area contributed by atoms with Gasteiger partial charge < -0.3 is 24.0 Å². The van der Waals surface area contributed by atoms with Gasteiger partial charge in [-0.1, -0.05) is 18.2 Å². The Morgan fingerprint density at radius 3 is 2.59 bits per heavy atom. The van der Waals surface area contributed by atoms with Gasteiger partial charge in [-0.05, 0) is 37.1 Å². The predicted octanol–water partition coefficient (Wildman–Crippen LogP) is 2.51. The minimum absolute atomic E-state index is 0.112. The number of rotatable bonds is 4. The fourth-order valence-corrected chi connectivity index (χ4v) is 5.09. The summed E-state index contributed by atoms with van der Waals surface area (Å²) in [6.45, 7) is 4.26. The molecule has 2 saturated heterocycles. The second kappa shape index (κ2) is 9.37. The monoisotopic (exact) mass is 461 g/mol. The summed E-state index contributed by atoms with van der Waals surface area (Å²) in [4.78, 5) is 37.4. The second-order valence-corrected chi connectivity index (χ2v) is 9.09. The summed E-state index contributed by atoms with van der Waals surface area (Å²) in [6, 6.07) is 15.7. The first-order chi connectivity index (χ1) is 16.5. The summed E-state index contributed by atoms with van der Waals surface area (Å²) in [5.74, 6) is 1.36. The number of amides is 1. The SMILES string of the molecule is COc1cccc(N2CCN(C(=O)[C@@H]3CCCN(c4nc5ccccc5n(C)c4=O)C3)CC2)c1. The van der Waals surface area contributed by atoms with E-state index in [2.05, 4.69) is 16.0 Å². The van der Waals surface area contributed by atoms with Gasteiger partial charge in [-0.25, -0.2) is 4.98 Å². The number of para-hydroxylation sites is 2. The van der Waals surface area contributed by atoms with E-state index in [9.17, 15) is 9.59 Å². The van der Waals surface area contributed by atoms with E-state index < -0.39 is 0 Å². The van der Waals surface area contributed by atoms with E-state index in [4.69, 9.17) is 4.74 Å². The lowest BCUT2D eigenvalue weighted by molar-refractivity contribution is -0.136. The van der Waals surface area contributed by atoms with E-state index in [0.29, 0.717) is 25.5 Å². The second-order valence-electron chi connectivity index (χ2n) is 9.09. The van der Waals surface area contributed by atoms with Crippen LogP contribution in [0, 0.1) is 5.92 Å². The van der Waals surface area contributed by atoms with Crippen molar-refractivity contribution in [3.05, 3.63) is 58.9 Å². The number of anilines is 2. The van der Waals surface area contributed by atoms with Crippen LogP contribution in [0.1, 0.15) is 12.8 Å². The molecule has 3 aromatic rings. The van der Waals surface area contributed by atoms with Gasteiger partial charge in [0.25, 0.3) is 5.56 Å². The number of piperidine rings is 1. The molecule has 0 aliphatic carbocycles. The van der Waals surface area contributed by atoms with Gasteiger partial charge in [0.15, 0.2) is 5.82 Å². The summed E-state index contributed by atoms with van der Waals surface area (Å²) >= 11 is 0. The average Bonchev–Trinajstić information content (AvgIpc) is 2.90. The van der Waals surface area contributed by atoms with Gasteiger partial charge in [0.05, 0.1) is 24.1 Å². The molecule has 178 valence electrons. The van der Waals surface area contributed by atoms with Gasteiger partial charge in [0.1, 0.15) is 5.75 Å². The maximum atomic E-state index is 13.4. The lowest BCUT2D eigenvalue weighted by Gasteiger charge is -2.40. The first-order valence-corrected chi connectivity index (χ1v) is 11.9. The van der Waals surface area contributed by atoms with Gasteiger partial charge in [-0.2, -0.15) is 0 Å². The molecule has 3 heterocycles. The molecule has 0 spiro atoms. The van der Waals surface area contributed by atoms with Crippen molar-refractivity contribution < 1.29 is 9.53 Å². The number of hydrogen-bond acceptors (Lipinski definition) is 6. The summed E-state index contributed by atoms with van der Waals surface area (Å²) in [6.07, 6.45) is 1.72. The number of ether oxygens (including phenoxy) is 1. The third-order valence-corrected chi connectivity index (χ3v) is 7.05. The van der Waals surface area contributed by atoms with Gasteiger partial charge in [0, 0.05) is 58.1 Å². The Kier molecular flexibility index (Phi) is 6.13. The molecule has 1 atom stereocenters. The molecule has 0 bridgehead atoms. The third-order valence-electron chi connectivity index (χ3n) is 7.05. The third kappa shape index (κ3) is 4.20. The highest BCUT2D eigenvalue weighted by Gasteiger charge is 2.32. The van der Waals surface area contributed by atoms with Gasteiger partial charge >= 0.3 is 0 Å². The standard InChI is InChI=1S/C26H31N5O3/c1-28-23-11-4-3-10-22(23)27-24(26(28)33)31-12-6-7-19(18-31)25(32)30-15-13-29(14-16-30)20-8-5-9-21(17-20)34-2/h3-5,8-11,17,19H,6-7,12-16,18H2,1-2H3/t19-/m1/s1. The summed E-state index contributed by atoms with van der Waals surface area (Å²) in [5, 5.41) is 0. The number of benzene rings is 2. The molecule has 1 amide bonds. The molecule has 0 N–H and O–H groups in total. The van der Waals surface area contributed by atoms with Crippen molar-refractivity contribution in [3.8, 4) is 5.75 Å². The first kappa shape index (κ1) is 22.3. The highest BCUT2D eigenvalue weighted by molar-refractivity contribution is 5.80. The van der Waals surface area contributed by atoms with Crippen molar-refractivity contribution in [2.24, 2.45) is 13.0 Å². The molecule has 1 aromatic heterocycles. The van der Waals surface area contributed by atoms with E-state index in [0.717, 1.165) is 54.9 Å². The fourth-order valence-electron chi connectivity index (χ4n) is 5.09. The Hall–Kier alpha value is -3.55. The summed E-state index contributed by atoms with van der Waals surface area (Å²) in [5.41, 5.74) is 2.61. The van der Waals surface area contributed by atoms with Crippen molar-refractivity contribution in [1.82, 2.24) is 14.5 Å². The Bertz CT molecular complexity index is 1250. The smallest absolute Gasteiger partial charge is 0.293 e. The zero-order chi connectivity index (χ0) is 23.7. The van der Waals surface area contributed by atoms with Gasteiger partial charge in [-0.15, -0.1) is 0 Å². The minimum atomic E-state index is -0.116. The topological polar surface area (TPSA) is 70.9 Å². The number of methoxy groups -OCH3 is 1. The van der Waals surface area contributed by atoms with Crippen molar-refractivity contribution in [1.29, 1.82) is 0 Å². The Labute approximate surface area is 199 Å². The highest BCUT2D eigenvalue weighted by Crippen LogP contribution is 2.25. The number of aryl methyl sites for hydroxylation is 1. The van der Waals surface area contributed by atoms with Crippen LogP contribution in [0.4, 0.5) is 11.5 Å². The number of hydrogen-bond donors (Lipinski definition) is 0. The maximum absolute atomic E-state index is 13.4. The Morgan fingerprint density at radius 1 is 1.00 bits per heavy atom. The zero-order valence-electron chi connectivity index (χ0n) is 19.8. The lowest BCUT2D eigenvalue weighted by atomic mass is 9.96. The van der Waals surface area contributed by atoms with Crippen LogP contribution in [0.15, 0.2) is 53.3 Å². The molecule has 2 aliphatic rings. The van der Waals surface area contributed by atoms with Crippen LogP contribution in [-0.2, 0) is 11.8 Å². The van der Waals surface area contributed by atoms with E-state index in [-0.39, 0.29) is 17.4 Å². The number of carbonyl (C=O) groups excluding carboxylic acids is 1. The molecule has 8 heteroatoms. The number of piperazine rings is 1. The summed E-state index contributed by atoms with van der Waals surface area (Å²) < 4.78 is 7.00. The van der Waals surface area contributed by atoms with Crippen molar-refractivity contribution in [2.45, 2.75) is 12.8 Å². The molecule has 5 rings (SSSR count). The van der Waals surface area contributed by atoms with E-state index in [1.807, 2.05) is 52.3 Å². The Morgan fingerprint density at radius 2 is 1.79 bits per heavy atom. The highest BCUT2D eigenvalue weighted by atomic mass is 16.5. The molecule has 0 unspecified atom stereocenters. The number of carbonyl (C=O) groups is 1. The maximum Gasteiger partial charge on any atom is 0.293 e. The largest absolute Gasteiger partial charge is 0.497 e. The van der Waals surface area contributed by atoms with Crippen molar-refractivity contribution >= 4 is 28.4 Å². The summed E-state index contributed by atoms with van der Waals surface area (Å²) in [7, 11) is 3.46. The van der Waals surface area contributed by atoms with Crippen molar-refractivity contribution in [2.75, 3.05) is 56.2 Å². The molecule has 8 nitrogen and oxygen atoms in total. The number of fused-ring (bicyclic) bond motifs is 1. The van der Waals surface area contributed by atoms with Crippen LogP contribution in [0.2, 0.25) is 0 Å². The quantitative estimate of drug-likeness (QED) is 0.595. The molecule has 2 aromatic carbocycles. The van der Waals surface area contributed by atoms with Gasteiger partial charge in [-0.3, -0.25) is 9.59 Å². The Balaban J connectivity index is 1.27. The minimum Gasteiger partial charge on any atom is -0.497 e. The van der Waals surface area contributed by atoms with Crippen LogP contribution >= 0.6 is 0 Å². The first-order valence-electron chi connectivity index (χ1n) is 11.9. The normalized spacial score (nSPS) is 18.9. The van der Waals surface area contributed by atoms with Crippen molar-refractivity contribution in [3.63, 3.8) is 0 Å². The molecule has 34 heavy (non-hydrogen) atoms. The lowest BCUT2D eigenvalue weighted by Crippen LogP contribution is -2.53. The number of nitrogens with zero attached hydrogens (tertiary/aromatic N) is 5. The van der Waals surface area contributed by atoms with E-state index in [1.54, 1.807) is 18.7 Å². The zero-order valence-corrected chi connectivity index (χ0v) is 19.8.